The van der Waals surface area contributed by atoms with Crippen LogP contribution in [-0.4, -0.2) is 25.3 Å². The van der Waals surface area contributed by atoms with Gasteiger partial charge in [0.05, 0.1) is 0 Å². The summed E-state index contributed by atoms with van der Waals surface area (Å²) in [5, 5.41) is 1.07. The highest BCUT2D eigenvalue weighted by atomic mass is 16.5. The zero-order valence-electron chi connectivity index (χ0n) is 15.3. The van der Waals surface area contributed by atoms with Gasteiger partial charge in [0.1, 0.15) is 37.4 Å². The fourth-order valence-corrected chi connectivity index (χ4v) is 3.96. The van der Waals surface area contributed by atoms with E-state index in [2.05, 4.69) is 40.7 Å². The Hall–Kier alpha value is -1.65. The summed E-state index contributed by atoms with van der Waals surface area (Å²) >= 11 is 0. The van der Waals surface area contributed by atoms with E-state index in [0.29, 0.717) is 11.5 Å². The van der Waals surface area contributed by atoms with Crippen molar-refractivity contribution in [1.82, 2.24) is 0 Å². The smallest absolute Gasteiger partial charge is 0.336 e. The molecular formula is C20H28NO3+. The molecule has 0 aliphatic carbocycles. The van der Waals surface area contributed by atoms with Crippen molar-refractivity contribution in [1.29, 1.82) is 0 Å². The molecule has 4 heteroatoms. The van der Waals surface area contributed by atoms with Crippen LogP contribution in [0.2, 0.25) is 0 Å². The van der Waals surface area contributed by atoms with Crippen molar-refractivity contribution in [3.8, 4) is 0 Å². The van der Waals surface area contributed by atoms with E-state index in [-0.39, 0.29) is 17.8 Å². The van der Waals surface area contributed by atoms with Gasteiger partial charge in [-0.3, -0.25) is 0 Å². The Morgan fingerprint density at radius 2 is 1.83 bits per heavy atom. The number of morpholine rings is 1. The molecule has 1 fully saturated rings. The number of aryl methyl sites for hydroxylation is 1. The molecule has 0 spiro atoms. The Morgan fingerprint density at radius 3 is 2.46 bits per heavy atom. The predicted octanol–water partition coefficient (Wildman–Crippen LogP) is 2.42. The summed E-state index contributed by atoms with van der Waals surface area (Å²) in [7, 11) is 0. The Labute approximate surface area is 143 Å². The summed E-state index contributed by atoms with van der Waals surface area (Å²) in [6, 6.07) is 5.88. The molecule has 1 N–H and O–H groups in total. The van der Waals surface area contributed by atoms with Gasteiger partial charge < -0.3 is 14.1 Å². The number of nitrogens with one attached hydrogen (secondary N) is 1. The maximum atomic E-state index is 12.0. The standard InChI is InChI=1S/C20H27NO3/c1-12(2)17-8-18-16(7-20(22)24-19(18)6-13(17)3)11-21-9-14(4)23-15(5)10-21/h6-8,12,14-15H,9-11H2,1-5H3/p+1/t14-,15-/m1/s1. The largest absolute Gasteiger partial charge is 0.423 e. The Kier molecular flexibility index (Phi) is 4.79. The van der Waals surface area contributed by atoms with E-state index in [0.717, 1.165) is 30.6 Å². The molecule has 2 heterocycles. The zero-order chi connectivity index (χ0) is 17.4. The van der Waals surface area contributed by atoms with Crippen LogP contribution in [-0.2, 0) is 11.3 Å². The van der Waals surface area contributed by atoms with E-state index in [4.69, 9.17) is 9.15 Å². The molecule has 0 unspecified atom stereocenters. The molecule has 3 rings (SSSR count). The second kappa shape index (κ2) is 6.69. The minimum absolute atomic E-state index is 0.253. The van der Waals surface area contributed by atoms with Gasteiger partial charge >= 0.3 is 5.63 Å². The summed E-state index contributed by atoms with van der Waals surface area (Å²) < 4.78 is 11.3. The first-order valence-corrected chi connectivity index (χ1v) is 8.89. The highest BCUT2D eigenvalue weighted by Crippen LogP contribution is 2.26. The number of benzene rings is 1. The molecular weight excluding hydrogens is 302 g/mol. The van der Waals surface area contributed by atoms with Crippen LogP contribution in [0.25, 0.3) is 11.0 Å². The van der Waals surface area contributed by atoms with Gasteiger partial charge in [0, 0.05) is 17.0 Å². The van der Waals surface area contributed by atoms with Crippen molar-refractivity contribution >= 4 is 11.0 Å². The van der Waals surface area contributed by atoms with Gasteiger partial charge in [-0.1, -0.05) is 13.8 Å². The predicted molar refractivity (Wildman–Crippen MR) is 95.7 cm³/mol. The lowest BCUT2D eigenvalue weighted by Gasteiger charge is -2.32. The Morgan fingerprint density at radius 1 is 1.17 bits per heavy atom. The number of ether oxygens (including phenoxy) is 1. The minimum Gasteiger partial charge on any atom is -0.423 e. The van der Waals surface area contributed by atoms with Gasteiger partial charge in [-0.2, -0.15) is 0 Å². The number of rotatable bonds is 3. The Bertz CT molecular complexity index is 783. The van der Waals surface area contributed by atoms with Crippen molar-refractivity contribution in [2.75, 3.05) is 13.1 Å². The summed E-state index contributed by atoms with van der Waals surface area (Å²) in [4.78, 5) is 13.5. The van der Waals surface area contributed by atoms with Crippen molar-refractivity contribution in [2.24, 2.45) is 0 Å². The third-order valence-corrected chi connectivity index (χ3v) is 4.90. The average molecular weight is 330 g/mol. The van der Waals surface area contributed by atoms with E-state index < -0.39 is 0 Å². The van der Waals surface area contributed by atoms with E-state index in [1.807, 2.05) is 6.07 Å². The summed E-state index contributed by atoms with van der Waals surface area (Å²) in [5.74, 6) is 0.449. The van der Waals surface area contributed by atoms with E-state index in [1.54, 1.807) is 6.07 Å². The second-order valence-corrected chi connectivity index (χ2v) is 7.54. The van der Waals surface area contributed by atoms with Crippen LogP contribution < -0.4 is 10.5 Å². The molecule has 0 amide bonds. The number of quaternary nitrogens is 1. The molecule has 4 nitrogen and oxygen atoms in total. The fourth-order valence-electron chi connectivity index (χ4n) is 3.96. The normalized spacial score (nSPS) is 24.7. The van der Waals surface area contributed by atoms with Crippen molar-refractivity contribution in [2.45, 2.75) is 59.3 Å². The van der Waals surface area contributed by atoms with Crippen molar-refractivity contribution in [3.63, 3.8) is 0 Å². The lowest BCUT2D eigenvalue weighted by Crippen LogP contribution is -3.14. The van der Waals surface area contributed by atoms with Gasteiger partial charge in [0.25, 0.3) is 0 Å². The molecule has 2 atom stereocenters. The Balaban J connectivity index is 2.03. The van der Waals surface area contributed by atoms with Gasteiger partial charge in [-0.15, -0.1) is 0 Å². The molecule has 1 aromatic heterocycles. The highest BCUT2D eigenvalue weighted by molar-refractivity contribution is 5.82. The maximum absolute atomic E-state index is 12.0. The molecule has 0 bridgehead atoms. The third kappa shape index (κ3) is 3.55. The van der Waals surface area contributed by atoms with Gasteiger partial charge in [0.2, 0.25) is 0 Å². The van der Waals surface area contributed by atoms with Crippen molar-refractivity contribution in [3.05, 3.63) is 45.3 Å². The van der Waals surface area contributed by atoms with Crippen LogP contribution in [0.15, 0.2) is 27.4 Å². The topological polar surface area (TPSA) is 43.9 Å². The minimum atomic E-state index is -0.261. The van der Waals surface area contributed by atoms with E-state index in [1.165, 1.54) is 16.0 Å². The molecule has 2 aromatic rings. The molecule has 130 valence electrons. The summed E-state index contributed by atoms with van der Waals surface area (Å²) in [6.07, 6.45) is 0.507. The average Bonchev–Trinajstić information content (AvgIpc) is 2.44. The van der Waals surface area contributed by atoms with Crippen LogP contribution in [0.1, 0.15) is 50.3 Å². The first-order valence-electron chi connectivity index (χ1n) is 8.89. The van der Waals surface area contributed by atoms with Gasteiger partial charge in [-0.05, 0) is 49.9 Å². The quantitative estimate of drug-likeness (QED) is 0.879. The van der Waals surface area contributed by atoms with Crippen LogP contribution in [0.5, 0.6) is 0 Å². The highest BCUT2D eigenvalue weighted by Gasteiger charge is 2.26. The van der Waals surface area contributed by atoms with Crippen LogP contribution in [0, 0.1) is 6.92 Å². The first kappa shape index (κ1) is 17.2. The van der Waals surface area contributed by atoms with Crippen LogP contribution in [0.4, 0.5) is 0 Å². The van der Waals surface area contributed by atoms with Gasteiger partial charge in [0.15, 0.2) is 0 Å². The molecule has 0 saturated carbocycles. The lowest BCUT2D eigenvalue weighted by molar-refractivity contribution is -0.928. The van der Waals surface area contributed by atoms with Crippen molar-refractivity contribution < 1.29 is 14.1 Å². The fraction of sp³-hybridized carbons (Fsp3) is 0.550. The van der Waals surface area contributed by atoms with Crippen LogP contribution in [0.3, 0.4) is 0 Å². The number of hydrogen-bond acceptors (Lipinski definition) is 3. The van der Waals surface area contributed by atoms with Crippen LogP contribution >= 0.6 is 0 Å². The second-order valence-electron chi connectivity index (χ2n) is 7.54. The van der Waals surface area contributed by atoms with E-state index >= 15 is 0 Å². The maximum Gasteiger partial charge on any atom is 0.336 e. The molecule has 1 saturated heterocycles. The monoisotopic (exact) mass is 330 g/mol. The molecule has 1 aliphatic rings. The molecule has 1 aliphatic heterocycles. The molecule has 0 radical (unpaired) electrons. The van der Waals surface area contributed by atoms with Gasteiger partial charge in [-0.25, -0.2) is 4.79 Å². The molecule has 24 heavy (non-hydrogen) atoms. The lowest BCUT2D eigenvalue weighted by atomic mass is 9.94. The van der Waals surface area contributed by atoms with E-state index in [9.17, 15) is 4.79 Å². The number of fused-ring (bicyclic) bond motifs is 1. The first-order chi connectivity index (χ1) is 11.3. The summed E-state index contributed by atoms with van der Waals surface area (Å²) in [6.45, 7) is 13.5. The zero-order valence-corrected chi connectivity index (χ0v) is 15.3. The third-order valence-electron chi connectivity index (χ3n) is 4.90. The SMILES string of the molecule is Cc1cc2oc(=O)cc(C[NH+]3C[C@@H](C)O[C@H](C)C3)c2cc1C(C)C. The molecule has 1 aromatic carbocycles. The number of hydrogen-bond donors (Lipinski definition) is 1. The summed E-state index contributed by atoms with van der Waals surface area (Å²) in [5.41, 5.74) is 4.02.